The number of hydrogen-bond donors (Lipinski definition) is 1. The first-order valence-corrected chi connectivity index (χ1v) is 10.4. The van der Waals surface area contributed by atoms with E-state index in [9.17, 15) is 19.6 Å². The van der Waals surface area contributed by atoms with Crippen LogP contribution in [0.1, 0.15) is 35.1 Å². The Morgan fingerprint density at radius 3 is 2.33 bits per heavy atom. The van der Waals surface area contributed by atoms with Gasteiger partial charge in [-0.1, -0.05) is 42.5 Å². The zero-order valence-electron chi connectivity index (χ0n) is 18.5. The number of anilines is 1. The van der Waals surface area contributed by atoms with Gasteiger partial charge in [-0.15, -0.1) is 0 Å². The van der Waals surface area contributed by atoms with Crippen LogP contribution in [0.4, 0.5) is 5.82 Å². The summed E-state index contributed by atoms with van der Waals surface area (Å²) < 4.78 is 7.78. The van der Waals surface area contributed by atoms with Crippen molar-refractivity contribution in [1.82, 2.24) is 9.13 Å². The number of rotatable bonds is 4. The summed E-state index contributed by atoms with van der Waals surface area (Å²) in [5.74, 6) is -1.07. The molecule has 8 heteroatoms. The first-order chi connectivity index (χ1) is 15.9. The number of benzene rings is 2. The Bertz CT molecular complexity index is 1420. The largest absolute Gasteiger partial charge is 0.463 e. The van der Waals surface area contributed by atoms with Gasteiger partial charge in [0, 0.05) is 14.1 Å². The minimum atomic E-state index is -0.811. The number of hydrogen-bond acceptors (Lipinski definition) is 6. The molecule has 4 rings (SSSR count). The van der Waals surface area contributed by atoms with Crippen LogP contribution in [-0.4, -0.2) is 21.7 Å². The Morgan fingerprint density at radius 1 is 1.06 bits per heavy atom. The van der Waals surface area contributed by atoms with E-state index in [1.165, 1.54) is 11.6 Å². The highest BCUT2D eigenvalue weighted by Crippen LogP contribution is 2.42. The summed E-state index contributed by atoms with van der Waals surface area (Å²) in [5.41, 5.74) is 1.76. The highest BCUT2D eigenvalue weighted by Gasteiger charge is 2.38. The lowest BCUT2D eigenvalue weighted by Crippen LogP contribution is -2.43. The summed E-state index contributed by atoms with van der Waals surface area (Å²) in [5, 5.41) is 12.4. The predicted molar refractivity (Wildman–Crippen MR) is 124 cm³/mol. The van der Waals surface area contributed by atoms with Gasteiger partial charge in [0.15, 0.2) is 0 Å². The molecule has 0 aliphatic carbocycles. The third-order valence-electron chi connectivity index (χ3n) is 5.72. The standard InChI is InChI=1S/C25H22N4O4/c1-4-33-24(31)19-18(16-12-10-15(14-26)11-13-16)20-22(28(2)25(32)29(3)23(20)30)27-21(19)17-8-6-5-7-9-17/h5-13,18,27H,4H2,1-3H3. The van der Waals surface area contributed by atoms with Crippen LogP contribution in [0.15, 0.2) is 69.8 Å². The van der Waals surface area contributed by atoms with Crippen molar-refractivity contribution in [2.24, 2.45) is 14.1 Å². The van der Waals surface area contributed by atoms with Crippen LogP contribution >= 0.6 is 0 Å². The molecule has 1 aliphatic rings. The van der Waals surface area contributed by atoms with Crippen LogP contribution in [0.2, 0.25) is 0 Å². The summed E-state index contributed by atoms with van der Waals surface area (Å²) in [7, 11) is 2.97. The molecule has 2 aromatic carbocycles. The second-order valence-electron chi connectivity index (χ2n) is 7.64. The zero-order chi connectivity index (χ0) is 23.7. The molecule has 0 saturated heterocycles. The molecule has 1 atom stereocenters. The molecule has 0 bridgehead atoms. The summed E-state index contributed by atoms with van der Waals surface area (Å²) in [6, 6.07) is 18.0. The van der Waals surface area contributed by atoms with E-state index in [1.54, 1.807) is 38.2 Å². The molecule has 0 radical (unpaired) electrons. The smallest absolute Gasteiger partial charge is 0.337 e. The molecular formula is C25H22N4O4. The maximum atomic E-state index is 13.3. The lowest BCUT2D eigenvalue weighted by atomic mass is 9.80. The molecule has 0 saturated carbocycles. The van der Waals surface area contributed by atoms with Gasteiger partial charge in [-0.05, 0) is 30.2 Å². The number of esters is 1. The molecule has 166 valence electrons. The van der Waals surface area contributed by atoms with E-state index in [-0.39, 0.29) is 17.7 Å². The SMILES string of the molecule is CCOC(=O)C1=C(c2ccccc2)Nc2c(c(=O)n(C)c(=O)n2C)C1c1ccc(C#N)cc1. The Balaban J connectivity index is 2.12. The third kappa shape index (κ3) is 3.64. The molecule has 0 amide bonds. The van der Waals surface area contributed by atoms with Gasteiger partial charge in [-0.2, -0.15) is 5.26 Å². The van der Waals surface area contributed by atoms with Crippen molar-refractivity contribution in [2.45, 2.75) is 12.8 Å². The van der Waals surface area contributed by atoms with Crippen LogP contribution in [0.25, 0.3) is 5.70 Å². The molecule has 0 spiro atoms. The van der Waals surface area contributed by atoms with Crippen LogP contribution in [0.5, 0.6) is 0 Å². The molecule has 3 aromatic rings. The van der Waals surface area contributed by atoms with E-state index in [2.05, 4.69) is 11.4 Å². The van der Waals surface area contributed by atoms with E-state index in [0.717, 1.165) is 4.57 Å². The molecular weight excluding hydrogens is 420 g/mol. The van der Waals surface area contributed by atoms with Crippen molar-refractivity contribution in [3.63, 3.8) is 0 Å². The molecule has 0 fully saturated rings. The Hall–Kier alpha value is -4.38. The molecule has 1 aromatic heterocycles. The number of fused-ring (bicyclic) bond motifs is 1. The highest BCUT2D eigenvalue weighted by molar-refractivity contribution is 6.04. The van der Waals surface area contributed by atoms with Crippen molar-refractivity contribution in [2.75, 3.05) is 11.9 Å². The van der Waals surface area contributed by atoms with Crippen molar-refractivity contribution >= 4 is 17.5 Å². The van der Waals surface area contributed by atoms with Crippen molar-refractivity contribution in [3.8, 4) is 6.07 Å². The monoisotopic (exact) mass is 442 g/mol. The fourth-order valence-electron chi connectivity index (χ4n) is 4.10. The molecule has 1 aliphatic heterocycles. The highest BCUT2D eigenvalue weighted by atomic mass is 16.5. The van der Waals surface area contributed by atoms with E-state index >= 15 is 0 Å². The minimum Gasteiger partial charge on any atom is -0.463 e. The van der Waals surface area contributed by atoms with E-state index < -0.39 is 23.1 Å². The summed E-state index contributed by atoms with van der Waals surface area (Å²) >= 11 is 0. The van der Waals surface area contributed by atoms with Crippen LogP contribution in [-0.2, 0) is 23.6 Å². The van der Waals surface area contributed by atoms with E-state index in [4.69, 9.17) is 4.74 Å². The number of carbonyl (C=O) groups is 1. The fourth-order valence-corrected chi connectivity index (χ4v) is 4.10. The average Bonchev–Trinajstić information content (AvgIpc) is 2.85. The quantitative estimate of drug-likeness (QED) is 0.623. The molecule has 8 nitrogen and oxygen atoms in total. The van der Waals surface area contributed by atoms with E-state index in [1.807, 2.05) is 30.3 Å². The lowest BCUT2D eigenvalue weighted by molar-refractivity contribution is -0.138. The molecule has 1 N–H and O–H groups in total. The van der Waals surface area contributed by atoms with Gasteiger partial charge in [-0.3, -0.25) is 13.9 Å². The van der Waals surface area contributed by atoms with Crippen molar-refractivity contribution in [3.05, 3.63) is 103 Å². The number of nitriles is 1. The topological polar surface area (TPSA) is 106 Å². The molecule has 1 unspecified atom stereocenters. The third-order valence-corrected chi connectivity index (χ3v) is 5.72. The van der Waals surface area contributed by atoms with Gasteiger partial charge in [0.05, 0.1) is 41.0 Å². The zero-order valence-corrected chi connectivity index (χ0v) is 18.5. The Kier molecular flexibility index (Phi) is 5.71. The van der Waals surface area contributed by atoms with Crippen LogP contribution < -0.4 is 16.6 Å². The minimum absolute atomic E-state index is 0.155. The lowest BCUT2D eigenvalue weighted by Gasteiger charge is -2.32. The summed E-state index contributed by atoms with van der Waals surface area (Å²) in [4.78, 5) is 39.3. The van der Waals surface area contributed by atoms with Gasteiger partial charge >= 0.3 is 11.7 Å². The Labute approximate surface area is 190 Å². The average molecular weight is 442 g/mol. The van der Waals surface area contributed by atoms with Crippen LogP contribution in [0.3, 0.4) is 0 Å². The summed E-state index contributed by atoms with van der Waals surface area (Å²) in [6.45, 7) is 1.87. The number of carbonyl (C=O) groups excluding carboxylic acids is 1. The molecule has 2 heterocycles. The second-order valence-corrected chi connectivity index (χ2v) is 7.64. The van der Waals surface area contributed by atoms with Gasteiger partial charge < -0.3 is 10.1 Å². The second kappa shape index (κ2) is 8.63. The van der Waals surface area contributed by atoms with Crippen LogP contribution in [0, 0.1) is 11.3 Å². The Morgan fingerprint density at radius 2 is 1.73 bits per heavy atom. The van der Waals surface area contributed by atoms with Gasteiger partial charge in [0.2, 0.25) is 0 Å². The fraction of sp³-hybridized carbons (Fsp3) is 0.200. The predicted octanol–water partition coefficient (Wildman–Crippen LogP) is 2.49. The number of nitrogens with one attached hydrogen (secondary N) is 1. The van der Waals surface area contributed by atoms with Crippen molar-refractivity contribution < 1.29 is 9.53 Å². The normalized spacial score (nSPS) is 14.8. The van der Waals surface area contributed by atoms with Gasteiger partial charge in [-0.25, -0.2) is 9.59 Å². The van der Waals surface area contributed by atoms with Crippen molar-refractivity contribution in [1.29, 1.82) is 5.26 Å². The number of ether oxygens (including phenoxy) is 1. The maximum Gasteiger partial charge on any atom is 0.337 e. The maximum absolute atomic E-state index is 13.3. The molecule has 33 heavy (non-hydrogen) atoms. The summed E-state index contributed by atoms with van der Waals surface area (Å²) in [6.07, 6.45) is 0. The van der Waals surface area contributed by atoms with Gasteiger partial charge in [0.25, 0.3) is 5.56 Å². The van der Waals surface area contributed by atoms with Gasteiger partial charge in [0.1, 0.15) is 5.82 Å². The van der Waals surface area contributed by atoms with E-state index in [0.29, 0.717) is 28.2 Å². The number of aromatic nitrogens is 2. The first-order valence-electron chi connectivity index (χ1n) is 10.4. The number of nitrogens with zero attached hydrogens (tertiary/aromatic N) is 3. The first kappa shape index (κ1) is 21.8.